The van der Waals surface area contributed by atoms with Crippen molar-refractivity contribution in [2.24, 2.45) is 0 Å². The number of rotatable bonds is 0. The van der Waals surface area contributed by atoms with Crippen molar-refractivity contribution in [1.29, 1.82) is 0 Å². The number of fused-ring (bicyclic) bond motifs is 1. The van der Waals surface area contributed by atoms with Gasteiger partial charge < -0.3 is 10.2 Å². The van der Waals surface area contributed by atoms with Gasteiger partial charge in [-0.2, -0.15) is 0 Å². The van der Waals surface area contributed by atoms with Crippen LogP contribution in [0.15, 0.2) is 23.6 Å². The smallest absolute Gasteiger partial charge is 0.127 e. The summed E-state index contributed by atoms with van der Waals surface area (Å²) in [7, 11) is 0. The lowest BCUT2D eigenvalue weighted by molar-refractivity contribution is 0.455. The maximum absolute atomic E-state index is 9.29. The summed E-state index contributed by atoms with van der Waals surface area (Å²) >= 11 is 1.50. The number of aromatic hydroxyl groups is 2. The highest BCUT2D eigenvalue weighted by Crippen LogP contribution is 2.32. The summed E-state index contributed by atoms with van der Waals surface area (Å²) in [6.45, 7) is 0. The molecule has 0 unspecified atom stereocenters. The SMILES string of the molecule is Oc1cc(O)c2ccsc2c1. The van der Waals surface area contributed by atoms with E-state index in [9.17, 15) is 5.11 Å². The van der Waals surface area contributed by atoms with Crippen LogP contribution in [0, 0.1) is 0 Å². The lowest BCUT2D eigenvalue weighted by atomic mass is 10.2. The molecule has 0 spiro atoms. The highest BCUT2D eigenvalue weighted by atomic mass is 32.1. The Balaban J connectivity index is 2.91. The van der Waals surface area contributed by atoms with Crippen LogP contribution in [0.3, 0.4) is 0 Å². The van der Waals surface area contributed by atoms with E-state index < -0.39 is 0 Å². The third kappa shape index (κ3) is 0.935. The maximum atomic E-state index is 9.29. The van der Waals surface area contributed by atoms with Crippen molar-refractivity contribution in [2.45, 2.75) is 0 Å². The molecular formula is C8H6O2S. The Morgan fingerprint density at radius 2 is 2.00 bits per heavy atom. The average Bonchev–Trinajstić information content (AvgIpc) is 2.34. The lowest BCUT2D eigenvalue weighted by Crippen LogP contribution is -1.66. The summed E-state index contributed by atoms with van der Waals surface area (Å²) in [6.07, 6.45) is 0. The van der Waals surface area contributed by atoms with Gasteiger partial charge in [0.25, 0.3) is 0 Å². The molecule has 0 amide bonds. The van der Waals surface area contributed by atoms with Gasteiger partial charge in [0.2, 0.25) is 0 Å². The van der Waals surface area contributed by atoms with Gasteiger partial charge in [0.05, 0.1) is 0 Å². The fourth-order valence-electron chi connectivity index (χ4n) is 1.04. The van der Waals surface area contributed by atoms with Crippen LogP contribution < -0.4 is 0 Å². The largest absolute Gasteiger partial charge is 0.508 e. The Hall–Kier alpha value is -1.22. The predicted octanol–water partition coefficient (Wildman–Crippen LogP) is 2.31. The van der Waals surface area contributed by atoms with Crippen molar-refractivity contribution in [2.75, 3.05) is 0 Å². The van der Waals surface area contributed by atoms with Crippen molar-refractivity contribution >= 4 is 21.4 Å². The second-order valence-electron chi connectivity index (χ2n) is 2.30. The Labute approximate surface area is 67.3 Å². The van der Waals surface area contributed by atoms with Gasteiger partial charge in [0.15, 0.2) is 0 Å². The lowest BCUT2D eigenvalue weighted by Gasteiger charge is -1.95. The van der Waals surface area contributed by atoms with Gasteiger partial charge in [-0.1, -0.05) is 0 Å². The first-order valence-electron chi connectivity index (χ1n) is 3.16. The second kappa shape index (κ2) is 2.13. The Kier molecular flexibility index (Phi) is 1.26. The van der Waals surface area contributed by atoms with Crippen LogP contribution >= 0.6 is 11.3 Å². The van der Waals surface area contributed by atoms with Gasteiger partial charge in [-0.3, -0.25) is 0 Å². The zero-order valence-electron chi connectivity index (χ0n) is 5.61. The van der Waals surface area contributed by atoms with E-state index in [-0.39, 0.29) is 11.5 Å². The molecule has 0 bridgehead atoms. The van der Waals surface area contributed by atoms with Gasteiger partial charge in [-0.15, -0.1) is 11.3 Å². The normalized spacial score (nSPS) is 10.5. The zero-order chi connectivity index (χ0) is 7.84. The summed E-state index contributed by atoms with van der Waals surface area (Å²) in [5.41, 5.74) is 0. The number of hydrogen-bond acceptors (Lipinski definition) is 3. The highest BCUT2D eigenvalue weighted by molar-refractivity contribution is 7.17. The molecule has 2 nitrogen and oxygen atoms in total. The zero-order valence-corrected chi connectivity index (χ0v) is 6.43. The predicted molar refractivity (Wildman–Crippen MR) is 45.2 cm³/mol. The van der Waals surface area contributed by atoms with Gasteiger partial charge >= 0.3 is 0 Å². The van der Waals surface area contributed by atoms with Crippen LogP contribution in [0.5, 0.6) is 11.5 Å². The molecule has 2 rings (SSSR count). The van der Waals surface area contributed by atoms with Crippen molar-refractivity contribution < 1.29 is 10.2 Å². The summed E-state index contributed by atoms with van der Waals surface area (Å²) in [4.78, 5) is 0. The molecule has 1 aromatic carbocycles. The van der Waals surface area contributed by atoms with E-state index in [1.165, 1.54) is 17.4 Å². The van der Waals surface area contributed by atoms with E-state index in [4.69, 9.17) is 5.11 Å². The molecule has 0 aliphatic rings. The molecule has 2 N–H and O–H groups in total. The molecule has 1 aromatic heterocycles. The molecule has 0 atom stereocenters. The molecule has 0 fully saturated rings. The molecule has 2 aromatic rings. The van der Waals surface area contributed by atoms with Crippen LogP contribution in [-0.4, -0.2) is 10.2 Å². The Morgan fingerprint density at radius 3 is 2.82 bits per heavy atom. The number of benzene rings is 1. The first-order valence-corrected chi connectivity index (χ1v) is 4.04. The molecule has 56 valence electrons. The minimum Gasteiger partial charge on any atom is -0.508 e. The first kappa shape index (κ1) is 6.49. The van der Waals surface area contributed by atoms with Crippen LogP contribution in [0.4, 0.5) is 0 Å². The van der Waals surface area contributed by atoms with E-state index in [1.54, 1.807) is 6.07 Å². The fraction of sp³-hybridized carbons (Fsp3) is 0. The van der Waals surface area contributed by atoms with Gasteiger partial charge in [-0.05, 0) is 17.5 Å². The number of phenols is 2. The van der Waals surface area contributed by atoms with Gasteiger partial charge in [0.1, 0.15) is 11.5 Å². The summed E-state index contributed by atoms with van der Waals surface area (Å²) in [5.74, 6) is 0.249. The summed E-state index contributed by atoms with van der Waals surface area (Å²) in [6, 6.07) is 4.81. The van der Waals surface area contributed by atoms with Crippen molar-refractivity contribution in [1.82, 2.24) is 0 Å². The molecule has 11 heavy (non-hydrogen) atoms. The van der Waals surface area contributed by atoms with Gasteiger partial charge in [0, 0.05) is 16.2 Å². The van der Waals surface area contributed by atoms with Crippen molar-refractivity contribution in [3.63, 3.8) is 0 Å². The topological polar surface area (TPSA) is 40.5 Å². The van der Waals surface area contributed by atoms with Crippen LogP contribution in [0.2, 0.25) is 0 Å². The Morgan fingerprint density at radius 1 is 1.18 bits per heavy atom. The fourth-order valence-corrected chi connectivity index (χ4v) is 1.88. The van der Waals surface area contributed by atoms with E-state index in [2.05, 4.69) is 0 Å². The third-order valence-electron chi connectivity index (χ3n) is 1.53. The van der Waals surface area contributed by atoms with E-state index >= 15 is 0 Å². The van der Waals surface area contributed by atoms with Gasteiger partial charge in [-0.25, -0.2) is 0 Å². The quantitative estimate of drug-likeness (QED) is 0.630. The standard InChI is InChI=1S/C8H6O2S/c9-5-3-7(10)6-1-2-11-8(6)4-5/h1-4,9-10H. The molecule has 0 saturated carbocycles. The maximum Gasteiger partial charge on any atom is 0.127 e. The third-order valence-corrected chi connectivity index (χ3v) is 2.40. The average molecular weight is 166 g/mol. The first-order chi connectivity index (χ1) is 5.27. The molecule has 1 heterocycles. The molecule has 0 saturated heterocycles. The molecule has 3 heteroatoms. The molecule has 0 aliphatic carbocycles. The minimum atomic E-state index is 0.109. The highest BCUT2D eigenvalue weighted by Gasteiger charge is 2.01. The van der Waals surface area contributed by atoms with Crippen molar-refractivity contribution in [3.8, 4) is 11.5 Å². The second-order valence-corrected chi connectivity index (χ2v) is 3.25. The van der Waals surface area contributed by atoms with E-state index in [1.807, 2.05) is 11.4 Å². The minimum absolute atomic E-state index is 0.109. The molecular weight excluding hydrogens is 160 g/mol. The Bertz CT molecular complexity index is 392. The number of hydrogen-bond donors (Lipinski definition) is 2. The van der Waals surface area contributed by atoms with E-state index in [0.29, 0.717) is 0 Å². The monoisotopic (exact) mass is 166 g/mol. The molecule has 0 radical (unpaired) electrons. The summed E-state index contributed by atoms with van der Waals surface area (Å²) < 4.78 is 0.905. The molecule has 0 aliphatic heterocycles. The van der Waals surface area contributed by atoms with Crippen LogP contribution in [0.1, 0.15) is 0 Å². The van der Waals surface area contributed by atoms with Crippen molar-refractivity contribution in [3.05, 3.63) is 23.6 Å². The number of thiophene rings is 1. The van der Waals surface area contributed by atoms with E-state index in [0.717, 1.165) is 10.1 Å². The van der Waals surface area contributed by atoms with Crippen LogP contribution in [0.25, 0.3) is 10.1 Å². The number of phenolic OH excluding ortho intramolecular Hbond substituents is 2. The van der Waals surface area contributed by atoms with Crippen LogP contribution in [-0.2, 0) is 0 Å². The summed E-state index contributed by atoms with van der Waals surface area (Å²) in [5, 5.41) is 21.0.